The van der Waals surface area contributed by atoms with Crippen molar-refractivity contribution < 1.29 is 4.42 Å². The molecule has 0 saturated heterocycles. The first-order valence-electron chi connectivity index (χ1n) is 6.17. The van der Waals surface area contributed by atoms with Crippen molar-refractivity contribution in [3.05, 3.63) is 63.3 Å². The first-order valence-corrected chi connectivity index (χ1v) is 6.17. The number of nitrogens with zero attached hydrogens (tertiary/aromatic N) is 2. The normalized spacial score (nSPS) is 11.1. The molecule has 0 bridgehead atoms. The second-order valence-corrected chi connectivity index (χ2v) is 4.47. The highest BCUT2D eigenvalue weighted by Crippen LogP contribution is 2.14. The molecular weight excluding hydrogens is 256 g/mol. The lowest BCUT2D eigenvalue weighted by Gasteiger charge is -2.07. The topological polar surface area (TPSA) is 65.1 Å². The summed E-state index contributed by atoms with van der Waals surface area (Å²) in [5, 5.41) is 0.365. The molecule has 0 aliphatic rings. The van der Waals surface area contributed by atoms with E-state index in [-0.39, 0.29) is 16.5 Å². The minimum atomic E-state index is -0.396. The fourth-order valence-corrected chi connectivity index (χ4v) is 2.23. The van der Waals surface area contributed by atoms with E-state index in [1.165, 1.54) is 4.57 Å². The van der Waals surface area contributed by atoms with Crippen molar-refractivity contribution in [2.75, 3.05) is 0 Å². The molecule has 2 aromatic heterocycles. The summed E-state index contributed by atoms with van der Waals surface area (Å²) in [4.78, 5) is 29.1. The van der Waals surface area contributed by atoms with Gasteiger partial charge in [-0.3, -0.25) is 14.2 Å². The van der Waals surface area contributed by atoms with Crippen LogP contribution in [0.5, 0.6) is 0 Å². The summed E-state index contributed by atoms with van der Waals surface area (Å²) in [5.74, 6) is 0.487. The van der Waals surface area contributed by atoms with Crippen molar-refractivity contribution in [3.63, 3.8) is 0 Å². The molecule has 0 aliphatic heterocycles. The molecule has 5 heteroatoms. The molecule has 2 heterocycles. The second-order valence-electron chi connectivity index (χ2n) is 4.47. The van der Waals surface area contributed by atoms with Gasteiger partial charge in [0.25, 0.3) is 5.56 Å². The summed E-state index contributed by atoms with van der Waals surface area (Å²) >= 11 is 0. The number of hydrogen-bond donors (Lipinski definition) is 0. The quantitative estimate of drug-likeness (QED) is 0.526. The van der Waals surface area contributed by atoms with Crippen LogP contribution < -0.4 is 11.0 Å². The zero-order chi connectivity index (χ0) is 14.3. The number of para-hydroxylation sites is 1. The van der Waals surface area contributed by atoms with Gasteiger partial charge in [0.05, 0.1) is 5.39 Å². The van der Waals surface area contributed by atoms with Gasteiger partial charge in [0.15, 0.2) is 5.39 Å². The molecule has 3 aromatic rings. The lowest BCUT2D eigenvalue weighted by molar-refractivity contribution is 0.626. The van der Waals surface area contributed by atoms with Crippen LogP contribution in [0.25, 0.3) is 22.1 Å². The maximum Gasteiger partial charge on any atom is 0.269 e. The van der Waals surface area contributed by atoms with Crippen molar-refractivity contribution >= 4 is 22.1 Å². The molecule has 0 saturated carbocycles. The van der Waals surface area contributed by atoms with Crippen molar-refractivity contribution in [1.82, 2.24) is 9.55 Å². The number of allylic oxidation sites excluding steroid dienone is 1. The Morgan fingerprint density at radius 2 is 2.10 bits per heavy atom. The van der Waals surface area contributed by atoms with Crippen molar-refractivity contribution in [1.29, 1.82) is 0 Å². The SMILES string of the molecule is C=CCn1c(C)nc2oc3ccccc3c(=O)c2c1=O. The third kappa shape index (κ3) is 1.67. The maximum atomic E-state index is 12.4. The predicted molar refractivity (Wildman–Crippen MR) is 77.0 cm³/mol. The van der Waals surface area contributed by atoms with Gasteiger partial charge in [-0.25, -0.2) is 0 Å². The van der Waals surface area contributed by atoms with Crippen LogP contribution in [0.3, 0.4) is 0 Å². The summed E-state index contributed by atoms with van der Waals surface area (Å²) in [6.45, 7) is 5.60. The predicted octanol–water partition coefficient (Wildman–Crippen LogP) is 2.00. The number of aryl methyl sites for hydroxylation is 1. The van der Waals surface area contributed by atoms with Crippen molar-refractivity contribution in [3.8, 4) is 0 Å². The fourth-order valence-electron chi connectivity index (χ4n) is 2.23. The van der Waals surface area contributed by atoms with Crippen LogP contribution in [0.2, 0.25) is 0 Å². The van der Waals surface area contributed by atoms with Gasteiger partial charge in [-0.05, 0) is 19.1 Å². The van der Waals surface area contributed by atoms with Gasteiger partial charge in [-0.1, -0.05) is 18.2 Å². The maximum absolute atomic E-state index is 12.4. The van der Waals surface area contributed by atoms with E-state index < -0.39 is 5.56 Å². The molecule has 0 spiro atoms. The van der Waals surface area contributed by atoms with Gasteiger partial charge < -0.3 is 4.42 Å². The molecule has 5 nitrogen and oxygen atoms in total. The van der Waals surface area contributed by atoms with E-state index in [0.717, 1.165) is 0 Å². The molecule has 3 rings (SSSR count). The van der Waals surface area contributed by atoms with E-state index in [1.807, 2.05) is 0 Å². The summed E-state index contributed by atoms with van der Waals surface area (Å²) in [6, 6.07) is 6.82. The Labute approximate surface area is 113 Å². The average Bonchev–Trinajstić information content (AvgIpc) is 2.43. The Morgan fingerprint density at radius 3 is 2.85 bits per heavy atom. The second kappa shape index (κ2) is 4.45. The smallest absolute Gasteiger partial charge is 0.269 e. The van der Waals surface area contributed by atoms with E-state index in [9.17, 15) is 9.59 Å². The molecule has 0 unspecified atom stereocenters. The number of fused-ring (bicyclic) bond motifs is 2. The van der Waals surface area contributed by atoms with E-state index in [4.69, 9.17) is 4.42 Å². The standard InChI is InChI=1S/C15H12N2O3/c1-3-8-17-9(2)16-14-12(15(17)19)13(18)10-6-4-5-7-11(10)20-14/h3-7H,1,8H2,2H3. The van der Waals surface area contributed by atoms with Crippen molar-refractivity contribution in [2.24, 2.45) is 0 Å². The van der Waals surface area contributed by atoms with Crippen LogP contribution in [-0.2, 0) is 6.54 Å². The van der Waals surface area contributed by atoms with E-state index in [2.05, 4.69) is 11.6 Å². The zero-order valence-corrected chi connectivity index (χ0v) is 10.9. The highest BCUT2D eigenvalue weighted by Gasteiger charge is 2.15. The number of benzene rings is 1. The summed E-state index contributed by atoms with van der Waals surface area (Å²) in [6.07, 6.45) is 1.59. The first-order chi connectivity index (χ1) is 9.63. The Balaban J connectivity index is 2.57. The molecule has 20 heavy (non-hydrogen) atoms. The third-order valence-corrected chi connectivity index (χ3v) is 3.20. The van der Waals surface area contributed by atoms with Crippen molar-refractivity contribution in [2.45, 2.75) is 13.5 Å². The highest BCUT2D eigenvalue weighted by molar-refractivity contribution is 5.87. The Hall–Kier alpha value is -2.69. The number of aromatic nitrogens is 2. The zero-order valence-electron chi connectivity index (χ0n) is 10.9. The minimum absolute atomic E-state index is 0.0175. The van der Waals surface area contributed by atoms with Gasteiger partial charge in [0.2, 0.25) is 11.1 Å². The van der Waals surface area contributed by atoms with Crippen LogP contribution in [-0.4, -0.2) is 9.55 Å². The molecule has 0 amide bonds. The number of rotatable bonds is 2. The highest BCUT2D eigenvalue weighted by atomic mass is 16.3. The largest absolute Gasteiger partial charge is 0.437 e. The molecule has 0 N–H and O–H groups in total. The van der Waals surface area contributed by atoms with E-state index in [1.54, 1.807) is 37.3 Å². The fraction of sp³-hybridized carbons (Fsp3) is 0.133. The lowest BCUT2D eigenvalue weighted by atomic mass is 10.2. The van der Waals surface area contributed by atoms with Gasteiger partial charge in [-0.15, -0.1) is 6.58 Å². The monoisotopic (exact) mass is 268 g/mol. The van der Waals surface area contributed by atoms with Crippen LogP contribution in [0, 0.1) is 6.92 Å². The number of hydrogen-bond acceptors (Lipinski definition) is 4. The van der Waals surface area contributed by atoms with Gasteiger partial charge in [0.1, 0.15) is 11.4 Å². The molecular formula is C15H12N2O3. The molecule has 0 atom stereocenters. The Morgan fingerprint density at radius 1 is 1.35 bits per heavy atom. The van der Waals surface area contributed by atoms with Crippen LogP contribution in [0.1, 0.15) is 5.82 Å². The van der Waals surface area contributed by atoms with E-state index >= 15 is 0 Å². The van der Waals surface area contributed by atoms with Gasteiger partial charge in [-0.2, -0.15) is 4.98 Å². The third-order valence-electron chi connectivity index (χ3n) is 3.20. The molecule has 0 aliphatic carbocycles. The molecule has 100 valence electrons. The molecule has 0 fully saturated rings. The Kier molecular flexibility index (Phi) is 2.75. The molecule has 1 aromatic carbocycles. The molecule has 0 radical (unpaired) electrons. The first kappa shape index (κ1) is 12.3. The summed E-state index contributed by atoms with van der Waals surface area (Å²) in [7, 11) is 0. The summed E-state index contributed by atoms with van der Waals surface area (Å²) < 4.78 is 6.98. The van der Waals surface area contributed by atoms with Crippen LogP contribution in [0.4, 0.5) is 0 Å². The van der Waals surface area contributed by atoms with E-state index in [0.29, 0.717) is 23.3 Å². The summed E-state index contributed by atoms with van der Waals surface area (Å²) in [5.41, 5.74) is -0.238. The van der Waals surface area contributed by atoms with Gasteiger partial charge >= 0.3 is 0 Å². The van der Waals surface area contributed by atoms with Gasteiger partial charge in [0, 0.05) is 6.54 Å². The Bertz CT molecular complexity index is 951. The average molecular weight is 268 g/mol. The van der Waals surface area contributed by atoms with Crippen LogP contribution >= 0.6 is 0 Å². The lowest BCUT2D eigenvalue weighted by Crippen LogP contribution is -2.27. The van der Waals surface area contributed by atoms with Crippen LogP contribution in [0.15, 0.2) is 50.9 Å². The minimum Gasteiger partial charge on any atom is -0.437 e.